The number of carboxylic acid groups (broad SMARTS) is 1. The maximum atomic E-state index is 11.9. The van der Waals surface area contributed by atoms with Gasteiger partial charge in [0.05, 0.1) is 19.6 Å². The fraction of sp³-hybridized carbons (Fsp3) is 0.400. The number of thiophene rings is 1. The minimum atomic E-state index is -0.914. The molecule has 1 atom stereocenters. The summed E-state index contributed by atoms with van der Waals surface area (Å²) in [5.74, 6) is -1.17. The summed E-state index contributed by atoms with van der Waals surface area (Å²) in [4.78, 5) is 22.5. The third-order valence-electron chi connectivity index (χ3n) is 2.15. The van der Waals surface area contributed by atoms with Gasteiger partial charge in [0.15, 0.2) is 0 Å². The van der Waals surface area contributed by atoms with E-state index < -0.39 is 5.97 Å². The van der Waals surface area contributed by atoms with Gasteiger partial charge in [-0.2, -0.15) is 0 Å². The van der Waals surface area contributed by atoms with Crippen LogP contribution < -0.4 is 5.32 Å². The van der Waals surface area contributed by atoms with Gasteiger partial charge >= 0.3 is 5.97 Å². The normalized spacial score (nSPS) is 12.2. The average molecular weight is 385 g/mol. The fourth-order valence-corrected chi connectivity index (χ4v) is 4.06. The molecule has 0 aliphatic heterocycles. The van der Waals surface area contributed by atoms with Gasteiger partial charge in [-0.05, 0) is 44.3 Å². The maximum absolute atomic E-state index is 11.9. The van der Waals surface area contributed by atoms with Gasteiger partial charge in [-0.1, -0.05) is 6.92 Å². The van der Waals surface area contributed by atoms with E-state index in [2.05, 4.69) is 37.2 Å². The second-order valence-electron chi connectivity index (χ2n) is 3.41. The average Bonchev–Trinajstić information content (AvgIpc) is 2.56. The Morgan fingerprint density at radius 2 is 2.18 bits per heavy atom. The minimum Gasteiger partial charge on any atom is -0.481 e. The van der Waals surface area contributed by atoms with Gasteiger partial charge in [-0.15, -0.1) is 11.3 Å². The number of carbonyl (C=O) groups is 2. The lowest BCUT2D eigenvalue weighted by Crippen LogP contribution is -2.35. The molecule has 94 valence electrons. The molecule has 1 heterocycles. The lowest BCUT2D eigenvalue weighted by molar-refractivity contribution is -0.137. The van der Waals surface area contributed by atoms with Gasteiger partial charge in [-0.3, -0.25) is 9.59 Å². The Kier molecular flexibility index (Phi) is 5.61. The van der Waals surface area contributed by atoms with Crippen molar-refractivity contribution < 1.29 is 14.7 Å². The molecule has 0 aliphatic carbocycles. The van der Waals surface area contributed by atoms with Crippen molar-refractivity contribution in [2.45, 2.75) is 25.8 Å². The second-order valence-corrected chi connectivity index (χ2v) is 7.16. The zero-order chi connectivity index (χ0) is 13.0. The van der Waals surface area contributed by atoms with Crippen molar-refractivity contribution in [3.8, 4) is 0 Å². The first-order valence-corrected chi connectivity index (χ1v) is 7.31. The Hall–Kier alpha value is -0.400. The van der Waals surface area contributed by atoms with E-state index in [0.29, 0.717) is 12.0 Å². The van der Waals surface area contributed by atoms with Gasteiger partial charge < -0.3 is 10.4 Å². The van der Waals surface area contributed by atoms with Gasteiger partial charge in [0.25, 0.3) is 5.91 Å². The predicted molar refractivity (Wildman–Crippen MR) is 73.5 cm³/mol. The van der Waals surface area contributed by atoms with Crippen molar-refractivity contribution in [2.75, 3.05) is 0 Å². The molecule has 0 aromatic carbocycles. The standard InChI is InChI=1S/C10H11Br2NO3S/c1-2-5(3-8(14)15)13-10(16)6-4-7(11)17-9(6)12/h4-5H,2-3H2,1H3,(H,13,16)(H,14,15). The molecule has 1 aromatic rings. The Balaban J connectivity index is 2.70. The van der Waals surface area contributed by atoms with E-state index in [9.17, 15) is 9.59 Å². The molecule has 1 amide bonds. The SMILES string of the molecule is CCC(CC(=O)O)NC(=O)c1cc(Br)sc1Br. The van der Waals surface area contributed by atoms with Crippen LogP contribution in [0.1, 0.15) is 30.1 Å². The molecule has 0 spiro atoms. The molecule has 0 saturated heterocycles. The lowest BCUT2D eigenvalue weighted by atomic mass is 10.1. The van der Waals surface area contributed by atoms with Crippen LogP contribution >= 0.6 is 43.2 Å². The smallest absolute Gasteiger partial charge is 0.305 e. The number of aliphatic carboxylic acids is 1. The Morgan fingerprint density at radius 3 is 2.59 bits per heavy atom. The summed E-state index contributed by atoms with van der Waals surface area (Å²) in [6.45, 7) is 1.84. The Bertz CT molecular complexity index is 433. The molecular formula is C10H11Br2NO3S. The van der Waals surface area contributed by atoms with Crippen molar-refractivity contribution in [3.05, 3.63) is 19.2 Å². The summed E-state index contributed by atoms with van der Waals surface area (Å²) >= 11 is 7.98. The van der Waals surface area contributed by atoms with Crippen LogP contribution in [0.2, 0.25) is 0 Å². The van der Waals surface area contributed by atoms with E-state index in [0.717, 1.165) is 7.57 Å². The third-order valence-corrected chi connectivity index (χ3v) is 4.49. The van der Waals surface area contributed by atoms with Crippen LogP contribution in [-0.4, -0.2) is 23.0 Å². The number of nitrogens with one attached hydrogen (secondary N) is 1. The van der Waals surface area contributed by atoms with Crippen LogP contribution in [0, 0.1) is 0 Å². The Labute approximate surface area is 120 Å². The van der Waals surface area contributed by atoms with Crippen molar-refractivity contribution in [1.82, 2.24) is 5.32 Å². The summed E-state index contributed by atoms with van der Waals surface area (Å²) < 4.78 is 1.58. The lowest BCUT2D eigenvalue weighted by Gasteiger charge is -2.14. The van der Waals surface area contributed by atoms with Crippen LogP contribution in [0.4, 0.5) is 0 Å². The fourth-order valence-electron chi connectivity index (χ4n) is 1.27. The van der Waals surface area contributed by atoms with Crippen LogP contribution in [0.5, 0.6) is 0 Å². The van der Waals surface area contributed by atoms with Gasteiger partial charge in [0, 0.05) is 6.04 Å². The zero-order valence-electron chi connectivity index (χ0n) is 9.00. The highest BCUT2D eigenvalue weighted by atomic mass is 79.9. The zero-order valence-corrected chi connectivity index (χ0v) is 13.0. The number of hydrogen-bond acceptors (Lipinski definition) is 3. The highest BCUT2D eigenvalue weighted by Crippen LogP contribution is 2.31. The maximum Gasteiger partial charge on any atom is 0.305 e. The number of hydrogen-bond donors (Lipinski definition) is 2. The molecule has 1 rings (SSSR count). The molecule has 1 aromatic heterocycles. The van der Waals surface area contributed by atoms with Crippen LogP contribution in [0.25, 0.3) is 0 Å². The molecule has 1 unspecified atom stereocenters. The van der Waals surface area contributed by atoms with E-state index in [1.165, 1.54) is 11.3 Å². The molecule has 0 radical (unpaired) electrons. The van der Waals surface area contributed by atoms with Crippen molar-refractivity contribution in [1.29, 1.82) is 0 Å². The highest BCUT2D eigenvalue weighted by Gasteiger charge is 2.18. The predicted octanol–water partition coefficient (Wildman–Crippen LogP) is 3.26. The van der Waals surface area contributed by atoms with Crippen molar-refractivity contribution in [2.24, 2.45) is 0 Å². The molecule has 17 heavy (non-hydrogen) atoms. The number of carboxylic acids is 1. The van der Waals surface area contributed by atoms with Gasteiger partial charge in [0.1, 0.15) is 0 Å². The minimum absolute atomic E-state index is 0.0643. The van der Waals surface area contributed by atoms with Crippen LogP contribution in [0.3, 0.4) is 0 Å². The highest BCUT2D eigenvalue weighted by molar-refractivity contribution is 9.12. The van der Waals surface area contributed by atoms with Crippen molar-refractivity contribution >= 4 is 55.1 Å². The number of halogens is 2. The monoisotopic (exact) mass is 383 g/mol. The van der Waals surface area contributed by atoms with Gasteiger partial charge in [-0.25, -0.2) is 0 Å². The van der Waals surface area contributed by atoms with Gasteiger partial charge in [0.2, 0.25) is 0 Å². The molecule has 0 fully saturated rings. The van der Waals surface area contributed by atoms with E-state index in [1.807, 2.05) is 6.92 Å². The van der Waals surface area contributed by atoms with Crippen LogP contribution in [-0.2, 0) is 4.79 Å². The van der Waals surface area contributed by atoms with E-state index >= 15 is 0 Å². The quantitative estimate of drug-likeness (QED) is 0.818. The molecular weight excluding hydrogens is 374 g/mol. The molecule has 7 heteroatoms. The summed E-state index contributed by atoms with van der Waals surface area (Å²) in [6.07, 6.45) is 0.520. The number of carbonyl (C=O) groups excluding carboxylic acids is 1. The third kappa shape index (κ3) is 4.40. The largest absolute Gasteiger partial charge is 0.481 e. The molecule has 0 bridgehead atoms. The molecule has 4 nitrogen and oxygen atoms in total. The molecule has 0 aliphatic rings. The number of amides is 1. The summed E-state index contributed by atoms with van der Waals surface area (Å²) in [5, 5.41) is 11.4. The summed E-state index contributed by atoms with van der Waals surface area (Å²) in [5.41, 5.74) is 0.519. The van der Waals surface area contributed by atoms with E-state index in [1.54, 1.807) is 6.07 Å². The molecule has 2 N–H and O–H groups in total. The number of rotatable bonds is 5. The first-order chi connectivity index (χ1) is 7.93. The summed E-state index contributed by atoms with van der Waals surface area (Å²) in [6, 6.07) is 1.36. The summed E-state index contributed by atoms with van der Waals surface area (Å²) in [7, 11) is 0. The van der Waals surface area contributed by atoms with E-state index in [-0.39, 0.29) is 18.4 Å². The Morgan fingerprint density at radius 1 is 1.53 bits per heavy atom. The first kappa shape index (κ1) is 14.7. The van der Waals surface area contributed by atoms with E-state index in [4.69, 9.17) is 5.11 Å². The van der Waals surface area contributed by atoms with Crippen molar-refractivity contribution in [3.63, 3.8) is 0 Å². The molecule has 0 saturated carbocycles. The second kappa shape index (κ2) is 6.51. The van der Waals surface area contributed by atoms with Crippen LogP contribution in [0.15, 0.2) is 13.6 Å². The first-order valence-electron chi connectivity index (χ1n) is 4.91. The topological polar surface area (TPSA) is 66.4 Å².